The quantitative estimate of drug-likeness (QED) is 0.233. The SMILES string of the molecule is CCCCC1=[C]([Zr]([CH3])([CH3])(=[SiH2])[C]2=C(CCCC)C=C(c3ccccc3)C2)CC(c2ccccc2)=C1.Cl.Cl. The summed E-state index contributed by atoms with van der Waals surface area (Å²) in [7, 11) is 0. The minimum Gasteiger partial charge on any atom is -0.147 e. The summed E-state index contributed by atoms with van der Waals surface area (Å²) >= 11 is -3.36. The van der Waals surface area contributed by atoms with E-state index in [4.69, 9.17) is 0 Å². The summed E-state index contributed by atoms with van der Waals surface area (Å²) in [6.45, 7) is 7.10. The molecule has 0 radical (unpaired) electrons. The molecule has 0 fully saturated rings. The molecule has 0 saturated carbocycles. The van der Waals surface area contributed by atoms with E-state index < -0.39 is 17.4 Å². The van der Waals surface area contributed by atoms with Crippen molar-refractivity contribution in [2.75, 3.05) is 0 Å². The van der Waals surface area contributed by atoms with Gasteiger partial charge < -0.3 is 0 Å². The van der Waals surface area contributed by atoms with Crippen LogP contribution < -0.4 is 0 Å². The molecule has 0 bridgehead atoms. The van der Waals surface area contributed by atoms with Gasteiger partial charge in [-0.3, -0.25) is 0 Å². The summed E-state index contributed by atoms with van der Waals surface area (Å²) in [5.41, 5.74) is 9.28. The van der Waals surface area contributed by atoms with Gasteiger partial charge in [-0.1, -0.05) is 0 Å². The Bertz CT molecular complexity index is 1140. The first kappa shape index (κ1) is 31.3. The van der Waals surface area contributed by atoms with Gasteiger partial charge in [-0.15, -0.1) is 24.8 Å². The first-order valence-electron chi connectivity index (χ1n) is 13.4. The molecule has 0 aromatic heterocycles. The average molecular weight is 619 g/mol. The van der Waals surface area contributed by atoms with Gasteiger partial charge in [0.1, 0.15) is 0 Å². The van der Waals surface area contributed by atoms with Crippen molar-refractivity contribution in [3.05, 3.63) is 102 Å². The molecular weight excluding hydrogens is 575 g/mol. The van der Waals surface area contributed by atoms with Gasteiger partial charge in [0.25, 0.3) is 0 Å². The van der Waals surface area contributed by atoms with Crippen molar-refractivity contribution in [1.29, 1.82) is 0 Å². The Hall–Kier alpha value is -0.920. The van der Waals surface area contributed by atoms with Crippen LogP contribution in [0.15, 0.2) is 90.5 Å². The van der Waals surface area contributed by atoms with E-state index in [0.29, 0.717) is 0 Å². The van der Waals surface area contributed by atoms with Crippen molar-refractivity contribution in [2.24, 2.45) is 0 Å². The fourth-order valence-corrected chi connectivity index (χ4v) is 20.8. The van der Waals surface area contributed by atoms with Gasteiger partial charge in [0.2, 0.25) is 0 Å². The van der Waals surface area contributed by atoms with Crippen LogP contribution in [0.2, 0.25) is 9.26 Å². The van der Waals surface area contributed by atoms with Crippen molar-refractivity contribution >= 4 is 42.8 Å². The molecule has 0 saturated heterocycles. The minimum atomic E-state index is -3.36. The van der Waals surface area contributed by atoms with Crippen molar-refractivity contribution in [1.82, 2.24) is 0 Å². The molecule has 2 aliphatic rings. The Morgan fingerprint density at radius 1 is 0.639 bits per heavy atom. The molecule has 0 unspecified atom stereocenters. The van der Waals surface area contributed by atoms with E-state index in [2.05, 4.69) is 103 Å². The number of halogens is 2. The average Bonchev–Trinajstić information content (AvgIpc) is 3.49. The number of unbranched alkanes of at least 4 members (excludes halogenated alkanes) is 2. The smallest absolute Gasteiger partial charge is 0.147 e. The van der Waals surface area contributed by atoms with E-state index in [1.54, 1.807) is 22.3 Å². The fourth-order valence-electron chi connectivity index (χ4n) is 5.94. The molecule has 0 spiro atoms. The first-order chi connectivity index (χ1) is 16.3. The van der Waals surface area contributed by atoms with Gasteiger partial charge >= 0.3 is 212 Å². The Kier molecular flexibility index (Phi) is 11.5. The number of hydrogen-bond acceptors (Lipinski definition) is 0. The zero-order valence-corrected chi connectivity index (χ0v) is 28.1. The van der Waals surface area contributed by atoms with Crippen LogP contribution in [0.1, 0.15) is 76.3 Å². The summed E-state index contributed by atoms with van der Waals surface area (Å²) in [6.07, 6.45) is 15.1. The summed E-state index contributed by atoms with van der Waals surface area (Å²) in [5, 5.41) is 0. The van der Waals surface area contributed by atoms with Crippen molar-refractivity contribution in [3.63, 3.8) is 0 Å². The molecule has 194 valence electrons. The molecule has 0 amide bonds. The van der Waals surface area contributed by atoms with Crippen molar-refractivity contribution in [3.8, 4) is 0 Å². The molecule has 0 nitrogen and oxygen atoms in total. The fraction of sp³-hybridized carbons (Fsp3) is 0.375. The maximum atomic E-state index is 2.74. The molecule has 36 heavy (non-hydrogen) atoms. The van der Waals surface area contributed by atoms with E-state index in [-0.39, 0.29) is 24.8 Å². The van der Waals surface area contributed by atoms with Crippen LogP contribution in [-0.2, 0) is 17.4 Å². The number of benzene rings is 2. The monoisotopic (exact) mass is 616 g/mol. The predicted molar refractivity (Wildman–Crippen MR) is 166 cm³/mol. The maximum Gasteiger partial charge on any atom is -0.147 e. The van der Waals surface area contributed by atoms with Gasteiger partial charge in [-0.25, -0.2) is 0 Å². The molecule has 0 aliphatic heterocycles. The van der Waals surface area contributed by atoms with E-state index in [1.807, 2.05) is 6.56 Å². The van der Waals surface area contributed by atoms with E-state index in [0.717, 1.165) is 12.8 Å². The largest absolute Gasteiger partial charge is 0.147 e. The molecule has 0 heterocycles. The van der Waals surface area contributed by atoms with Crippen molar-refractivity contribution in [2.45, 2.75) is 74.5 Å². The van der Waals surface area contributed by atoms with Crippen LogP contribution in [0, 0.1) is 0 Å². The van der Waals surface area contributed by atoms with Crippen LogP contribution in [0.5, 0.6) is 0 Å². The van der Waals surface area contributed by atoms with Crippen LogP contribution >= 0.6 is 24.8 Å². The summed E-state index contributed by atoms with van der Waals surface area (Å²) < 4.78 is 9.20. The Balaban J connectivity index is 0.00000228. The van der Waals surface area contributed by atoms with Crippen LogP contribution in [0.4, 0.5) is 0 Å². The molecule has 4 heteroatoms. The zero-order valence-electron chi connectivity index (χ0n) is 22.6. The Morgan fingerprint density at radius 3 is 1.33 bits per heavy atom. The number of rotatable bonds is 10. The third-order valence-electron chi connectivity index (χ3n) is 8.03. The van der Waals surface area contributed by atoms with Gasteiger partial charge in [0.15, 0.2) is 0 Å². The third kappa shape index (κ3) is 6.74. The molecule has 4 rings (SSSR count). The zero-order chi connectivity index (χ0) is 24.2. The second kappa shape index (κ2) is 13.2. The summed E-state index contributed by atoms with van der Waals surface area (Å²) in [6, 6.07) is 22.2. The van der Waals surface area contributed by atoms with E-state index in [9.17, 15) is 0 Å². The van der Waals surface area contributed by atoms with E-state index >= 15 is 0 Å². The predicted octanol–water partition coefficient (Wildman–Crippen LogP) is 10.0. The van der Waals surface area contributed by atoms with Crippen molar-refractivity contribution < 1.29 is 17.4 Å². The topological polar surface area (TPSA) is 0 Å². The molecule has 0 N–H and O–H groups in total. The normalized spacial score (nSPS) is 15.9. The first-order valence-corrected chi connectivity index (χ1v) is 26.7. The van der Waals surface area contributed by atoms with Crippen LogP contribution in [0.25, 0.3) is 11.1 Å². The Labute approximate surface area is 234 Å². The molecular formula is C32H44Cl2SiZr. The van der Waals surface area contributed by atoms with Crippen LogP contribution in [0.3, 0.4) is 0 Å². The standard InChI is InChI=1S/2C15H17.2CH3.2ClH.H2Si.Zr/c2*1-2-3-7-13-10-11-15(12-13)14-8-5-4-6-9-14;;;;;;/h2*4-6,8-9,12H,2-3,7,11H2,1H3;2*1H3;2*1H;1H2;. The molecule has 0 atom stereocenters. The second-order valence-corrected chi connectivity index (χ2v) is 40.0. The van der Waals surface area contributed by atoms with Gasteiger partial charge in [0, 0.05) is 0 Å². The summed E-state index contributed by atoms with van der Waals surface area (Å²) in [4.78, 5) is 0. The second-order valence-electron chi connectivity index (χ2n) is 11.3. The molecule has 2 aromatic carbocycles. The summed E-state index contributed by atoms with van der Waals surface area (Å²) in [5.74, 6) is 0. The van der Waals surface area contributed by atoms with Gasteiger partial charge in [0.05, 0.1) is 0 Å². The van der Waals surface area contributed by atoms with E-state index in [1.165, 1.54) is 49.7 Å². The number of hydrogen-bond donors (Lipinski definition) is 0. The van der Waals surface area contributed by atoms with Crippen LogP contribution in [-0.4, -0.2) is 6.88 Å². The number of allylic oxidation sites excluding steroid dienone is 8. The Morgan fingerprint density at radius 2 is 1.00 bits per heavy atom. The third-order valence-corrected chi connectivity index (χ3v) is 25.0. The minimum absolute atomic E-state index is 0. The maximum absolute atomic E-state index is 3.36. The molecule has 2 aliphatic carbocycles. The van der Waals surface area contributed by atoms with Gasteiger partial charge in [-0.2, -0.15) is 0 Å². The molecule has 2 aromatic rings. The van der Waals surface area contributed by atoms with Gasteiger partial charge in [-0.05, 0) is 0 Å².